The number of fused-ring (bicyclic) bond motifs is 1. The highest BCUT2D eigenvalue weighted by atomic mass is 32.2. The Morgan fingerprint density at radius 1 is 1.14 bits per heavy atom. The summed E-state index contributed by atoms with van der Waals surface area (Å²) in [5.74, 6) is -1.09. The molecule has 44 heavy (non-hydrogen) atoms. The zero-order valence-corrected chi connectivity index (χ0v) is 25.1. The van der Waals surface area contributed by atoms with Gasteiger partial charge in [-0.2, -0.15) is 22.5 Å². The van der Waals surface area contributed by atoms with Gasteiger partial charge in [0, 0.05) is 38.3 Å². The summed E-state index contributed by atoms with van der Waals surface area (Å²) in [6.45, 7) is 1.03. The number of amides is 1. The maximum atomic E-state index is 14.0. The average molecular weight is 639 g/mol. The average Bonchev–Trinajstić information content (AvgIpc) is 3.28. The molecule has 240 valence electrons. The Morgan fingerprint density at radius 3 is 2.48 bits per heavy atom. The number of sulfonamides is 1. The lowest BCUT2D eigenvalue weighted by Gasteiger charge is -2.29. The zero-order valence-electron chi connectivity index (χ0n) is 24.3. The number of methoxy groups -OCH3 is 1. The number of ether oxygens (including phenoxy) is 2. The Bertz CT molecular complexity index is 1590. The highest BCUT2D eigenvalue weighted by molar-refractivity contribution is 7.88. The quantitative estimate of drug-likeness (QED) is 0.319. The summed E-state index contributed by atoms with van der Waals surface area (Å²) in [7, 11) is 2.77. The van der Waals surface area contributed by atoms with E-state index in [1.807, 2.05) is 19.0 Å². The first-order chi connectivity index (χ1) is 20.2. The Morgan fingerprint density at radius 2 is 1.84 bits per heavy atom. The number of nitrogens with zero attached hydrogens (tertiary/aromatic N) is 4. The number of carbonyl (C=O) groups is 1. The van der Waals surface area contributed by atoms with Crippen molar-refractivity contribution in [2.45, 2.75) is 32.2 Å². The van der Waals surface area contributed by atoms with E-state index in [9.17, 15) is 26.4 Å². The fourth-order valence-electron chi connectivity index (χ4n) is 4.70. The maximum Gasteiger partial charge on any atom is 0.423 e. The number of aromatic nitrogens is 2. The topological polar surface area (TPSA) is 126 Å². The molecule has 1 aliphatic rings. The van der Waals surface area contributed by atoms with E-state index >= 15 is 0 Å². The van der Waals surface area contributed by atoms with Gasteiger partial charge >= 0.3 is 6.18 Å². The van der Waals surface area contributed by atoms with Gasteiger partial charge in [0.1, 0.15) is 17.4 Å². The highest BCUT2D eigenvalue weighted by Gasteiger charge is 2.43. The van der Waals surface area contributed by atoms with Crippen molar-refractivity contribution in [1.82, 2.24) is 24.5 Å². The summed E-state index contributed by atoms with van der Waals surface area (Å²) in [5.41, 5.74) is 0.666. The molecule has 2 aromatic carbocycles. The molecule has 3 aromatic rings. The molecular weight excluding hydrogens is 601 g/mol. The second kappa shape index (κ2) is 13.8. The number of hydrogen-bond donors (Lipinski definition) is 2. The van der Waals surface area contributed by atoms with Crippen LogP contribution in [0.25, 0.3) is 0 Å². The van der Waals surface area contributed by atoms with Crippen molar-refractivity contribution in [3.63, 3.8) is 0 Å². The fraction of sp³-hybridized carbons (Fsp3) is 0.414. The van der Waals surface area contributed by atoms with Crippen LogP contribution in [-0.4, -0.2) is 87.2 Å². The minimum Gasteiger partial charge on any atom is -0.495 e. The molecule has 1 heterocycles. The van der Waals surface area contributed by atoms with Crippen molar-refractivity contribution in [3.05, 3.63) is 70.9 Å². The lowest BCUT2D eigenvalue weighted by Crippen LogP contribution is -2.38. The van der Waals surface area contributed by atoms with Crippen LogP contribution in [0.5, 0.6) is 11.6 Å². The van der Waals surface area contributed by atoms with Gasteiger partial charge in [0.15, 0.2) is 0 Å². The largest absolute Gasteiger partial charge is 0.495 e. The van der Waals surface area contributed by atoms with Crippen LogP contribution in [0.4, 0.5) is 24.8 Å². The number of carbonyl (C=O) groups excluding carboxylic acids is 1. The van der Waals surface area contributed by atoms with Crippen LogP contribution in [0.15, 0.2) is 48.7 Å². The summed E-state index contributed by atoms with van der Waals surface area (Å²) in [4.78, 5) is 22.5. The van der Waals surface area contributed by atoms with Crippen molar-refractivity contribution in [3.8, 4) is 11.6 Å². The molecule has 1 amide bonds. The Balaban J connectivity index is 0.00000529. The third-order valence-corrected chi connectivity index (χ3v) is 8.21. The second-order valence-corrected chi connectivity index (χ2v) is 12.3. The molecule has 2 N–H and O–H groups in total. The lowest BCUT2D eigenvalue weighted by molar-refractivity contribution is -0.140. The Labute approximate surface area is 255 Å². The molecule has 2 atom stereocenters. The number of nitrogens with one attached hydrogen (secondary N) is 2. The predicted molar refractivity (Wildman–Crippen MR) is 161 cm³/mol. The van der Waals surface area contributed by atoms with Crippen LogP contribution in [-0.2, 0) is 22.6 Å². The van der Waals surface area contributed by atoms with E-state index in [4.69, 9.17) is 9.47 Å². The number of halogens is 3. The van der Waals surface area contributed by atoms with Crippen molar-refractivity contribution >= 4 is 27.6 Å². The molecule has 0 aliphatic heterocycles. The van der Waals surface area contributed by atoms with E-state index in [-0.39, 0.29) is 42.7 Å². The normalized spacial score (nSPS) is 16.3. The van der Waals surface area contributed by atoms with E-state index < -0.39 is 39.8 Å². The summed E-state index contributed by atoms with van der Waals surface area (Å²) >= 11 is 0. The molecule has 1 aliphatic carbocycles. The first-order valence-electron chi connectivity index (χ1n) is 13.2. The molecule has 0 bridgehead atoms. The monoisotopic (exact) mass is 638 g/mol. The van der Waals surface area contributed by atoms with E-state index in [0.29, 0.717) is 24.8 Å². The van der Waals surface area contributed by atoms with E-state index in [1.54, 1.807) is 30.3 Å². The number of anilines is 2. The lowest BCUT2D eigenvalue weighted by atomic mass is 10.1. The molecule has 0 radical (unpaired) electrons. The van der Waals surface area contributed by atoms with Crippen LogP contribution >= 0.6 is 0 Å². The molecule has 0 fully saturated rings. The van der Waals surface area contributed by atoms with Gasteiger partial charge in [0.05, 0.1) is 25.1 Å². The summed E-state index contributed by atoms with van der Waals surface area (Å²) < 4.78 is 79.4. The van der Waals surface area contributed by atoms with Gasteiger partial charge in [-0.3, -0.25) is 4.79 Å². The molecule has 0 saturated heterocycles. The smallest absolute Gasteiger partial charge is 0.423 e. The van der Waals surface area contributed by atoms with Crippen LogP contribution < -0.4 is 20.1 Å². The number of benzene rings is 2. The minimum atomic E-state index is -4.86. The van der Waals surface area contributed by atoms with Crippen molar-refractivity contribution in [2.24, 2.45) is 0 Å². The number of likely N-dealkylation sites (N-methyl/N-ethyl adjacent to an activating group) is 2. The molecule has 0 unspecified atom stereocenters. The zero-order chi connectivity index (χ0) is 31.5. The van der Waals surface area contributed by atoms with Gasteiger partial charge in [-0.1, -0.05) is 31.7 Å². The summed E-state index contributed by atoms with van der Waals surface area (Å²) in [6.07, 6.45) is -4.11. The second-order valence-electron chi connectivity index (χ2n) is 10.3. The predicted octanol–water partition coefficient (Wildman–Crippen LogP) is 4.11. The van der Waals surface area contributed by atoms with Crippen LogP contribution in [0, 0.1) is 0 Å². The molecule has 15 heteroatoms. The SMILES string of the molecule is C.COc1ccc(C(=O)NCCN(C)C)cc1Nc1ncc(C(F)(F)F)c(O[C@@H]2Cc3ccccc3[C@H]2N(C)S(C)(=O)=O)n1. The molecule has 4 rings (SSSR count). The molecule has 1 aromatic heterocycles. The first kappa shape index (κ1) is 34.5. The van der Waals surface area contributed by atoms with Crippen LogP contribution in [0.2, 0.25) is 0 Å². The summed E-state index contributed by atoms with van der Waals surface area (Å²) in [5, 5.41) is 5.61. The van der Waals surface area contributed by atoms with Gasteiger partial charge in [-0.25, -0.2) is 13.4 Å². The van der Waals surface area contributed by atoms with Crippen LogP contribution in [0.3, 0.4) is 0 Å². The molecular formula is C29H37F3N6O5S. The molecule has 0 spiro atoms. The van der Waals surface area contributed by atoms with Gasteiger partial charge in [-0.05, 0) is 43.4 Å². The number of rotatable bonds is 11. The molecule has 11 nitrogen and oxygen atoms in total. The van der Waals surface area contributed by atoms with Crippen LogP contribution in [0.1, 0.15) is 40.5 Å². The van der Waals surface area contributed by atoms with Gasteiger partial charge in [-0.15, -0.1) is 0 Å². The molecule has 0 saturated carbocycles. The van der Waals surface area contributed by atoms with Gasteiger partial charge in [0.2, 0.25) is 21.9 Å². The number of alkyl halides is 3. The van der Waals surface area contributed by atoms with Crippen molar-refractivity contribution < 1.29 is 35.9 Å². The van der Waals surface area contributed by atoms with Crippen molar-refractivity contribution in [1.29, 1.82) is 0 Å². The first-order valence-corrected chi connectivity index (χ1v) is 15.0. The van der Waals surface area contributed by atoms with Gasteiger partial charge in [0.25, 0.3) is 5.91 Å². The van der Waals surface area contributed by atoms with E-state index in [2.05, 4.69) is 20.6 Å². The van der Waals surface area contributed by atoms with Gasteiger partial charge < -0.3 is 25.0 Å². The van der Waals surface area contributed by atoms with Crippen molar-refractivity contribution in [2.75, 3.05) is 52.9 Å². The number of hydrogen-bond acceptors (Lipinski definition) is 9. The van der Waals surface area contributed by atoms with E-state index in [0.717, 1.165) is 16.1 Å². The maximum absolute atomic E-state index is 14.0. The highest BCUT2D eigenvalue weighted by Crippen LogP contribution is 2.42. The minimum absolute atomic E-state index is 0. The fourth-order valence-corrected chi connectivity index (χ4v) is 5.36. The Kier molecular flexibility index (Phi) is 10.8. The Hall–Kier alpha value is -3.95. The standard InChI is InChI=1S/C28H33F3N6O5S.CH4/c1-36(2)13-12-32-25(38)18-10-11-22(41-4)21(14-18)34-27-33-16-20(28(29,30)31)26(35-27)42-23-15-17-8-6-7-9-19(17)24(23)37(3)43(5,39)40;/h6-11,14,16,23-24H,12-13,15H2,1-5H3,(H,32,38)(H,33,34,35);1H4/t23-,24-;/m1./s1. The third-order valence-electron chi connectivity index (χ3n) is 6.94. The van der Waals surface area contributed by atoms with E-state index in [1.165, 1.54) is 26.3 Å². The third kappa shape index (κ3) is 7.95. The summed E-state index contributed by atoms with van der Waals surface area (Å²) in [6, 6.07) is 10.6.